The lowest BCUT2D eigenvalue weighted by Gasteiger charge is -2.17. The zero-order valence-electron chi connectivity index (χ0n) is 18.8. The summed E-state index contributed by atoms with van der Waals surface area (Å²) in [6.45, 7) is 5.74. The van der Waals surface area contributed by atoms with Gasteiger partial charge in [-0.1, -0.05) is 24.3 Å². The van der Waals surface area contributed by atoms with E-state index in [0.717, 1.165) is 22.6 Å². The number of carbonyl (C=O) groups excluding carboxylic acids is 1. The number of halogens is 1. The maximum atomic E-state index is 13.7. The first kappa shape index (κ1) is 21.2. The quantitative estimate of drug-likeness (QED) is 0.401. The van der Waals surface area contributed by atoms with Crippen molar-refractivity contribution in [1.82, 2.24) is 9.55 Å². The predicted molar refractivity (Wildman–Crippen MR) is 127 cm³/mol. The highest BCUT2D eigenvalue weighted by molar-refractivity contribution is 5.96. The lowest BCUT2D eigenvalue weighted by molar-refractivity contribution is -0.117. The standard InChI is InChI=1S/C27H26FN3O2/c1-18-10-11-23(14-19(18)2)33-13-12-30-25-9-4-3-8-24(25)29-27(30)20-15-26(32)31(17-20)22-7-5-6-21(28)16-22/h3-11,14,16,20H,12-13,15,17H2,1-2H3. The van der Waals surface area contributed by atoms with Gasteiger partial charge in [0.1, 0.15) is 24.0 Å². The number of amides is 1. The minimum atomic E-state index is -0.348. The van der Waals surface area contributed by atoms with Crippen LogP contribution in [-0.4, -0.2) is 28.6 Å². The molecule has 1 aliphatic rings. The number of aryl methyl sites for hydroxylation is 2. The fourth-order valence-corrected chi connectivity index (χ4v) is 4.47. The molecule has 4 aromatic rings. The molecule has 1 atom stereocenters. The summed E-state index contributed by atoms with van der Waals surface area (Å²) in [6.07, 6.45) is 0.345. The van der Waals surface area contributed by atoms with Crippen molar-refractivity contribution in [3.05, 3.63) is 89.5 Å². The second-order valence-corrected chi connectivity index (χ2v) is 8.59. The van der Waals surface area contributed by atoms with E-state index in [0.29, 0.717) is 31.8 Å². The first-order valence-electron chi connectivity index (χ1n) is 11.2. The monoisotopic (exact) mass is 443 g/mol. The summed E-state index contributed by atoms with van der Waals surface area (Å²) >= 11 is 0. The van der Waals surface area contributed by atoms with Gasteiger partial charge in [-0.3, -0.25) is 4.79 Å². The highest BCUT2D eigenvalue weighted by Crippen LogP contribution is 2.33. The maximum absolute atomic E-state index is 13.7. The van der Waals surface area contributed by atoms with E-state index in [1.807, 2.05) is 30.3 Å². The Kier molecular flexibility index (Phi) is 5.58. The molecule has 0 aliphatic carbocycles. The van der Waals surface area contributed by atoms with Crippen LogP contribution in [-0.2, 0) is 11.3 Å². The van der Waals surface area contributed by atoms with Crippen LogP contribution < -0.4 is 9.64 Å². The average molecular weight is 444 g/mol. The Labute approximate surface area is 192 Å². The molecule has 5 rings (SSSR count). The molecule has 0 bridgehead atoms. The van der Waals surface area contributed by atoms with Gasteiger partial charge in [0.2, 0.25) is 5.91 Å². The minimum Gasteiger partial charge on any atom is -0.492 e. The van der Waals surface area contributed by atoms with Crippen LogP contribution in [0.5, 0.6) is 5.75 Å². The molecule has 1 saturated heterocycles. The fraction of sp³-hybridized carbons (Fsp3) is 0.259. The van der Waals surface area contributed by atoms with Crippen LogP contribution in [0.25, 0.3) is 11.0 Å². The van der Waals surface area contributed by atoms with Crippen LogP contribution in [0.15, 0.2) is 66.7 Å². The molecule has 5 nitrogen and oxygen atoms in total. The van der Waals surface area contributed by atoms with Gasteiger partial charge in [0.25, 0.3) is 0 Å². The molecule has 2 heterocycles. The Hall–Kier alpha value is -3.67. The second-order valence-electron chi connectivity index (χ2n) is 8.59. The van der Waals surface area contributed by atoms with Gasteiger partial charge in [0.05, 0.1) is 17.6 Å². The Balaban J connectivity index is 1.40. The smallest absolute Gasteiger partial charge is 0.227 e. The Bertz CT molecular complexity index is 1330. The zero-order valence-corrected chi connectivity index (χ0v) is 18.8. The molecule has 1 aliphatic heterocycles. The third-order valence-electron chi connectivity index (χ3n) is 6.36. The first-order valence-corrected chi connectivity index (χ1v) is 11.2. The topological polar surface area (TPSA) is 47.4 Å². The number of aromatic nitrogens is 2. The van der Waals surface area contributed by atoms with Crippen molar-refractivity contribution >= 4 is 22.6 Å². The van der Waals surface area contributed by atoms with Gasteiger partial charge in [-0.2, -0.15) is 0 Å². The largest absolute Gasteiger partial charge is 0.492 e. The van der Waals surface area contributed by atoms with Crippen molar-refractivity contribution < 1.29 is 13.9 Å². The van der Waals surface area contributed by atoms with Gasteiger partial charge in [-0.25, -0.2) is 9.37 Å². The number of nitrogens with zero attached hydrogens (tertiary/aromatic N) is 3. The summed E-state index contributed by atoms with van der Waals surface area (Å²) in [5.74, 6) is 1.27. The van der Waals surface area contributed by atoms with Gasteiger partial charge < -0.3 is 14.2 Å². The molecule has 1 fully saturated rings. The number of rotatable bonds is 6. The van der Waals surface area contributed by atoms with Gasteiger partial charge >= 0.3 is 0 Å². The highest BCUT2D eigenvalue weighted by atomic mass is 19.1. The molecular weight excluding hydrogens is 417 g/mol. The van der Waals surface area contributed by atoms with E-state index < -0.39 is 0 Å². The fourth-order valence-electron chi connectivity index (χ4n) is 4.47. The lowest BCUT2D eigenvalue weighted by Crippen LogP contribution is -2.24. The number of carbonyl (C=O) groups is 1. The second kappa shape index (κ2) is 8.70. The van der Waals surface area contributed by atoms with Crippen LogP contribution in [0.1, 0.15) is 29.3 Å². The molecule has 33 heavy (non-hydrogen) atoms. The van der Waals surface area contributed by atoms with Gasteiger partial charge in [0.15, 0.2) is 0 Å². The van der Waals surface area contributed by atoms with Crippen LogP contribution in [0.2, 0.25) is 0 Å². The number of para-hydroxylation sites is 2. The van der Waals surface area contributed by atoms with Crippen LogP contribution in [0.4, 0.5) is 10.1 Å². The van der Waals surface area contributed by atoms with E-state index in [1.165, 1.54) is 23.3 Å². The van der Waals surface area contributed by atoms with Crippen molar-refractivity contribution in [2.24, 2.45) is 0 Å². The lowest BCUT2D eigenvalue weighted by atomic mass is 10.1. The summed E-state index contributed by atoms with van der Waals surface area (Å²) in [4.78, 5) is 19.3. The minimum absolute atomic E-state index is 0.0180. The summed E-state index contributed by atoms with van der Waals surface area (Å²) in [6, 6.07) is 20.3. The van der Waals surface area contributed by atoms with Gasteiger partial charge in [-0.05, 0) is 67.4 Å². The maximum Gasteiger partial charge on any atom is 0.227 e. The van der Waals surface area contributed by atoms with E-state index in [9.17, 15) is 9.18 Å². The van der Waals surface area contributed by atoms with Crippen molar-refractivity contribution in [2.75, 3.05) is 18.1 Å². The Morgan fingerprint density at radius 1 is 1.03 bits per heavy atom. The molecular formula is C27H26FN3O2. The van der Waals surface area contributed by atoms with E-state index in [-0.39, 0.29) is 17.6 Å². The predicted octanol–water partition coefficient (Wildman–Crippen LogP) is 5.39. The van der Waals surface area contributed by atoms with E-state index in [1.54, 1.807) is 17.0 Å². The molecule has 0 saturated carbocycles. The number of anilines is 1. The number of imidazole rings is 1. The first-order chi connectivity index (χ1) is 16.0. The summed E-state index contributed by atoms with van der Waals surface area (Å²) in [5, 5.41) is 0. The molecule has 3 aromatic carbocycles. The highest BCUT2D eigenvalue weighted by Gasteiger charge is 2.35. The number of hydrogen-bond acceptors (Lipinski definition) is 3. The molecule has 1 aromatic heterocycles. The van der Waals surface area contributed by atoms with Crippen molar-refractivity contribution in [1.29, 1.82) is 0 Å². The Morgan fingerprint density at radius 3 is 2.70 bits per heavy atom. The summed E-state index contributed by atoms with van der Waals surface area (Å²) < 4.78 is 21.9. The van der Waals surface area contributed by atoms with Gasteiger partial charge in [-0.15, -0.1) is 0 Å². The molecule has 0 spiro atoms. The summed E-state index contributed by atoms with van der Waals surface area (Å²) in [7, 11) is 0. The van der Waals surface area contributed by atoms with Crippen LogP contribution in [0, 0.1) is 19.7 Å². The third-order valence-corrected chi connectivity index (χ3v) is 6.36. The molecule has 0 N–H and O–H groups in total. The number of ether oxygens (including phenoxy) is 1. The molecule has 168 valence electrons. The molecule has 6 heteroatoms. The Morgan fingerprint density at radius 2 is 1.88 bits per heavy atom. The van der Waals surface area contributed by atoms with E-state index >= 15 is 0 Å². The third kappa shape index (κ3) is 4.21. The summed E-state index contributed by atoms with van der Waals surface area (Å²) in [5.41, 5.74) is 4.94. The van der Waals surface area contributed by atoms with Crippen molar-refractivity contribution in [2.45, 2.75) is 32.7 Å². The average Bonchev–Trinajstić information content (AvgIpc) is 3.37. The van der Waals surface area contributed by atoms with Crippen molar-refractivity contribution in [3.63, 3.8) is 0 Å². The van der Waals surface area contributed by atoms with Crippen LogP contribution in [0.3, 0.4) is 0 Å². The normalized spacial score (nSPS) is 16.0. The molecule has 1 unspecified atom stereocenters. The van der Waals surface area contributed by atoms with Crippen LogP contribution >= 0.6 is 0 Å². The number of hydrogen-bond donors (Lipinski definition) is 0. The van der Waals surface area contributed by atoms with E-state index in [4.69, 9.17) is 9.72 Å². The molecule has 1 amide bonds. The van der Waals surface area contributed by atoms with Crippen molar-refractivity contribution in [3.8, 4) is 5.75 Å². The van der Waals surface area contributed by atoms with Gasteiger partial charge in [0, 0.05) is 24.6 Å². The van der Waals surface area contributed by atoms with E-state index in [2.05, 4.69) is 30.5 Å². The molecule has 0 radical (unpaired) electrons. The number of fused-ring (bicyclic) bond motifs is 1. The number of benzene rings is 3. The SMILES string of the molecule is Cc1ccc(OCCn2c(C3CC(=O)N(c4cccc(F)c4)C3)nc3ccccc32)cc1C. The zero-order chi connectivity index (χ0) is 22.9.